The van der Waals surface area contributed by atoms with Gasteiger partial charge in [-0.2, -0.15) is 0 Å². The molecule has 0 radical (unpaired) electrons. The van der Waals surface area contributed by atoms with Crippen molar-refractivity contribution in [3.63, 3.8) is 0 Å². The first-order valence-corrected chi connectivity index (χ1v) is 7.79. The van der Waals surface area contributed by atoms with Gasteiger partial charge in [-0.05, 0) is 56.7 Å². The minimum absolute atomic E-state index is 0.107. The topological polar surface area (TPSA) is 41.3 Å². The van der Waals surface area contributed by atoms with Gasteiger partial charge in [-0.25, -0.2) is 4.39 Å². The Bertz CT molecular complexity index is 449. The molecule has 1 aromatic rings. The predicted octanol–water partition coefficient (Wildman–Crippen LogP) is 3.11. The molecule has 1 aromatic carbocycles. The van der Waals surface area contributed by atoms with Gasteiger partial charge in [0, 0.05) is 30.9 Å². The van der Waals surface area contributed by atoms with Gasteiger partial charge >= 0.3 is 0 Å². The Morgan fingerprint density at radius 2 is 1.80 bits per heavy atom. The average Bonchev–Trinajstić information content (AvgIpc) is 2.95. The lowest BCUT2D eigenvalue weighted by Gasteiger charge is -2.28. The molecule has 4 heteroatoms. The second-order valence-electron chi connectivity index (χ2n) is 6.12. The number of benzene rings is 1. The molecular formula is C16H24FN3. The predicted molar refractivity (Wildman–Crippen MR) is 81.7 cm³/mol. The highest BCUT2D eigenvalue weighted by atomic mass is 19.1. The van der Waals surface area contributed by atoms with Gasteiger partial charge < -0.3 is 16.0 Å². The zero-order valence-corrected chi connectivity index (χ0v) is 11.9. The Hall–Kier alpha value is -1.29. The molecule has 1 heterocycles. The molecule has 110 valence electrons. The van der Waals surface area contributed by atoms with Gasteiger partial charge in [0.2, 0.25) is 0 Å². The SMILES string of the molecule is NC1CCC(Nc2ccc(N3CCCC3)c(F)c2)CC1. The highest BCUT2D eigenvalue weighted by Crippen LogP contribution is 2.27. The van der Waals surface area contributed by atoms with Crippen LogP contribution < -0.4 is 16.0 Å². The highest BCUT2D eigenvalue weighted by molar-refractivity contribution is 5.57. The smallest absolute Gasteiger partial charge is 0.148 e. The maximum Gasteiger partial charge on any atom is 0.148 e. The van der Waals surface area contributed by atoms with Crippen molar-refractivity contribution >= 4 is 11.4 Å². The van der Waals surface area contributed by atoms with Crippen molar-refractivity contribution in [2.45, 2.75) is 50.6 Å². The molecule has 1 aliphatic heterocycles. The summed E-state index contributed by atoms with van der Waals surface area (Å²) in [7, 11) is 0. The fraction of sp³-hybridized carbons (Fsp3) is 0.625. The van der Waals surface area contributed by atoms with Gasteiger partial charge in [0.05, 0.1) is 5.69 Å². The molecular weight excluding hydrogens is 253 g/mol. The third-order valence-electron chi connectivity index (χ3n) is 4.54. The Balaban J connectivity index is 1.64. The summed E-state index contributed by atoms with van der Waals surface area (Å²) in [4.78, 5) is 2.14. The van der Waals surface area contributed by atoms with Crippen molar-refractivity contribution in [2.75, 3.05) is 23.3 Å². The standard InChI is InChI=1S/C16H24FN3/c17-15-11-14(19-13-5-3-12(18)4-6-13)7-8-16(15)20-9-1-2-10-20/h7-8,11-13,19H,1-6,9-10,18H2. The number of halogens is 1. The van der Waals surface area contributed by atoms with E-state index in [0.29, 0.717) is 12.1 Å². The van der Waals surface area contributed by atoms with Crippen LogP contribution in [-0.2, 0) is 0 Å². The summed E-state index contributed by atoms with van der Waals surface area (Å²) < 4.78 is 14.2. The van der Waals surface area contributed by atoms with Gasteiger partial charge in [0.25, 0.3) is 0 Å². The summed E-state index contributed by atoms with van der Waals surface area (Å²) in [5.74, 6) is -0.107. The number of nitrogens with zero attached hydrogens (tertiary/aromatic N) is 1. The molecule has 1 saturated carbocycles. The fourth-order valence-electron chi connectivity index (χ4n) is 3.31. The van der Waals surface area contributed by atoms with E-state index < -0.39 is 0 Å². The number of anilines is 2. The van der Waals surface area contributed by atoms with Crippen LogP contribution in [0.5, 0.6) is 0 Å². The van der Waals surface area contributed by atoms with Gasteiger partial charge in [0.1, 0.15) is 5.82 Å². The normalized spacial score (nSPS) is 26.8. The van der Waals surface area contributed by atoms with E-state index in [-0.39, 0.29) is 5.82 Å². The van der Waals surface area contributed by atoms with Crippen LogP contribution in [0, 0.1) is 5.82 Å². The van der Waals surface area contributed by atoms with Crippen molar-refractivity contribution in [1.29, 1.82) is 0 Å². The molecule has 0 spiro atoms. The maximum absolute atomic E-state index is 14.2. The first-order chi connectivity index (χ1) is 9.72. The molecule has 2 aliphatic rings. The molecule has 2 fully saturated rings. The van der Waals surface area contributed by atoms with E-state index in [4.69, 9.17) is 5.73 Å². The molecule has 0 aromatic heterocycles. The molecule has 0 atom stereocenters. The number of rotatable bonds is 3. The largest absolute Gasteiger partial charge is 0.382 e. The van der Waals surface area contributed by atoms with Crippen molar-refractivity contribution in [3.8, 4) is 0 Å². The van der Waals surface area contributed by atoms with Crippen LogP contribution in [0.4, 0.5) is 15.8 Å². The lowest BCUT2D eigenvalue weighted by Crippen LogP contribution is -2.32. The summed E-state index contributed by atoms with van der Waals surface area (Å²) in [5.41, 5.74) is 7.55. The van der Waals surface area contributed by atoms with Crippen LogP contribution in [0.25, 0.3) is 0 Å². The number of hydrogen-bond acceptors (Lipinski definition) is 3. The van der Waals surface area contributed by atoms with Crippen molar-refractivity contribution in [2.24, 2.45) is 5.73 Å². The van der Waals surface area contributed by atoms with Crippen LogP contribution in [0.2, 0.25) is 0 Å². The first kappa shape index (κ1) is 13.7. The lowest BCUT2D eigenvalue weighted by molar-refractivity contribution is 0.411. The Morgan fingerprint density at radius 1 is 1.10 bits per heavy atom. The van der Waals surface area contributed by atoms with E-state index >= 15 is 0 Å². The van der Waals surface area contributed by atoms with Crippen LogP contribution >= 0.6 is 0 Å². The zero-order chi connectivity index (χ0) is 13.9. The average molecular weight is 277 g/mol. The molecule has 20 heavy (non-hydrogen) atoms. The summed E-state index contributed by atoms with van der Waals surface area (Å²) in [6, 6.07) is 6.35. The van der Waals surface area contributed by atoms with Gasteiger partial charge in [-0.3, -0.25) is 0 Å². The van der Waals surface area contributed by atoms with Crippen LogP contribution in [0.15, 0.2) is 18.2 Å². The third kappa shape index (κ3) is 3.06. The van der Waals surface area contributed by atoms with Crippen molar-refractivity contribution < 1.29 is 4.39 Å². The molecule has 3 N–H and O–H groups in total. The second-order valence-corrected chi connectivity index (χ2v) is 6.12. The molecule has 3 rings (SSSR count). The van der Waals surface area contributed by atoms with E-state index in [1.165, 1.54) is 12.8 Å². The van der Waals surface area contributed by atoms with Gasteiger partial charge in [-0.1, -0.05) is 0 Å². The Kier molecular flexibility index (Phi) is 4.10. The molecule has 3 nitrogen and oxygen atoms in total. The summed E-state index contributed by atoms with van der Waals surface area (Å²) in [5, 5.41) is 3.45. The molecule has 1 aliphatic carbocycles. The van der Waals surface area contributed by atoms with Crippen LogP contribution in [0.3, 0.4) is 0 Å². The monoisotopic (exact) mass is 277 g/mol. The van der Waals surface area contributed by atoms with E-state index in [9.17, 15) is 4.39 Å². The van der Waals surface area contributed by atoms with E-state index in [1.54, 1.807) is 6.07 Å². The summed E-state index contributed by atoms with van der Waals surface area (Å²) in [6.45, 7) is 1.95. The van der Waals surface area contributed by atoms with Gasteiger partial charge in [0.15, 0.2) is 0 Å². The fourth-order valence-corrected chi connectivity index (χ4v) is 3.31. The third-order valence-corrected chi connectivity index (χ3v) is 4.54. The van der Waals surface area contributed by atoms with E-state index in [1.807, 2.05) is 12.1 Å². The Morgan fingerprint density at radius 3 is 2.45 bits per heavy atom. The minimum atomic E-state index is -0.107. The zero-order valence-electron chi connectivity index (χ0n) is 11.9. The van der Waals surface area contributed by atoms with Gasteiger partial charge in [-0.15, -0.1) is 0 Å². The first-order valence-electron chi connectivity index (χ1n) is 7.79. The minimum Gasteiger partial charge on any atom is -0.382 e. The molecule has 0 unspecified atom stereocenters. The quantitative estimate of drug-likeness (QED) is 0.892. The maximum atomic E-state index is 14.2. The second kappa shape index (κ2) is 6.00. The van der Waals surface area contributed by atoms with Crippen molar-refractivity contribution in [3.05, 3.63) is 24.0 Å². The van der Waals surface area contributed by atoms with Crippen LogP contribution in [-0.4, -0.2) is 25.2 Å². The van der Waals surface area contributed by atoms with Crippen molar-refractivity contribution in [1.82, 2.24) is 0 Å². The number of hydrogen-bond donors (Lipinski definition) is 2. The van der Waals surface area contributed by atoms with Crippen LogP contribution in [0.1, 0.15) is 38.5 Å². The van der Waals surface area contributed by atoms with E-state index in [2.05, 4.69) is 10.2 Å². The molecule has 0 amide bonds. The number of nitrogens with one attached hydrogen (secondary N) is 1. The summed E-state index contributed by atoms with van der Waals surface area (Å²) in [6.07, 6.45) is 6.62. The molecule has 1 saturated heterocycles. The summed E-state index contributed by atoms with van der Waals surface area (Å²) >= 11 is 0. The number of nitrogens with two attached hydrogens (primary N) is 1. The lowest BCUT2D eigenvalue weighted by atomic mass is 9.91. The van der Waals surface area contributed by atoms with E-state index in [0.717, 1.165) is 50.1 Å². The molecule has 0 bridgehead atoms. The Labute approximate surface area is 120 Å². The highest BCUT2D eigenvalue weighted by Gasteiger charge is 2.19.